The summed E-state index contributed by atoms with van der Waals surface area (Å²) in [5, 5.41) is 10.9. The summed E-state index contributed by atoms with van der Waals surface area (Å²) in [5.74, 6) is -1.37. The predicted molar refractivity (Wildman–Crippen MR) is 158 cm³/mol. The molecule has 0 heterocycles. The van der Waals surface area contributed by atoms with Gasteiger partial charge in [0.2, 0.25) is 24.4 Å². The predicted octanol–water partition coefficient (Wildman–Crippen LogP) is 4.97. The van der Waals surface area contributed by atoms with Crippen molar-refractivity contribution < 1.29 is 26.3 Å². The summed E-state index contributed by atoms with van der Waals surface area (Å²) >= 11 is 0. The Bertz CT molecular complexity index is 1880. The van der Waals surface area contributed by atoms with Crippen LogP contribution in [-0.4, -0.2) is 35.8 Å². The lowest BCUT2D eigenvalue weighted by Crippen LogP contribution is -2.45. The second-order valence-corrected chi connectivity index (χ2v) is 13.8. The minimum Gasteiger partial charge on any atom is -0.497 e. The Morgan fingerprint density at radius 2 is 1.14 bits per heavy atom. The zero-order valence-corrected chi connectivity index (χ0v) is 24.5. The fourth-order valence-corrected chi connectivity index (χ4v) is 9.53. The summed E-state index contributed by atoms with van der Waals surface area (Å²) in [7, 11) is -6.01. The number of ether oxygens (including phenoxy) is 2. The second kappa shape index (κ2) is 11.0. The fourth-order valence-electron chi connectivity index (χ4n) is 5.62. The highest BCUT2D eigenvalue weighted by Crippen LogP contribution is 2.60. The molecule has 0 fully saturated rings. The van der Waals surface area contributed by atoms with E-state index in [-0.39, 0.29) is 14.7 Å². The highest BCUT2D eigenvalue weighted by Gasteiger charge is 2.65. The first-order valence-electron chi connectivity index (χ1n) is 12.9. The normalized spacial score (nSPS) is 20.6. The second-order valence-electron chi connectivity index (χ2n) is 9.76. The third-order valence-corrected chi connectivity index (χ3v) is 11.9. The van der Waals surface area contributed by atoms with Crippen molar-refractivity contribution in [1.29, 1.82) is 5.26 Å². The molecule has 0 radical (unpaired) electrons. The van der Waals surface area contributed by atoms with E-state index in [2.05, 4.69) is 0 Å². The van der Waals surface area contributed by atoms with Gasteiger partial charge in [0.1, 0.15) is 11.5 Å². The van der Waals surface area contributed by atoms with E-state index in [1.54, 1.807) is 72.8 Å². The molecule has 0 saturated carbocycles. The first kappa shape index (κ1) is 28.9. The average molecular weight is 601 g/mol. The number of sulfone groups is 2. The molecule has 0 aromatic heterocycles. The number of methoxy groups -OCH3 is 2. The van der Waals surface area contributed by atoms with E-state index in [0.29, 0.717) is 22.6 Å². The van der Waals surface area contributed by atoms with Gasteiger partial charge in [0, 0.05) is 11.8 Å². The van der Waals surface area contributed by atoms with Crippen molar-refractivity contribution in [3.63, 3.8) is 0 Å². The molecule has 4 aromatic rings. The van der Waals surface area contributed by atoms with Crippen LogP contribution in [-0.2, 0) is 19.7 Å². The minimum absolute atomic E-state index is 0.0687. The maximum absolute atomic E-state index is 14.6. The van der Waals surface area contributed by atoms with Gasteiger partial charge in [0.15, 0.2) is 0 Å². The van der Waals surface area contributed by atoms with E-state index in [1.807, 2.05) is 6.07 Å². The molecular weight excluding hydrogens is 572 g/mol. The zero-order chi connectivity index (χ0) is 30.1. The molecule has 1 aliphatic carbocycles. The van der Waals surface area contributed by atoms with Gasteiger partial charge < -0.3 is 15.2 Å². The van der Waals surface area contributed by atoms with Gasteiger partial charge >= 0.3 is 0 Å². The molecule has 5 rings (SSSR count). The smallest absolute Gasteiger partial charge is 0.210 e. The van der Waals surface area contributed by atoms with Crippen molar-refractivity contribution in [3.05, 3.63) is 131 Å². The van der Waals surface area contributed by atoms with E-state index in [9.17, 15) is 22.1 Å². The molecule has 42 heavy (non-hydrogen) atoms. The van der Waals surface area contributed by atoms with Crippen LogP contribution >= 0.6 is 0 Å². The number of benzene rings is 4. The third-order valence-electron chi connectivity index (χ3n) is 7.66. The molecular formula is C32H28N2O6S2. The van der Waals surface area contributed by atoms with Crippen molar-refractivity contribution >= 4 is 19.7 Å². The van der Waals surface area contributed by atoms with E-state index in [4.69, 9.17) is 15.2 Å². The van der Waals surface area contributed by atoms with Gasteiger partial charge in [0.05, 0.1) is 40.7 Å². The van der Waals surface area contributed by atoms with Gasteiger partial charge in [-0.1, -0.05) is 60.7 Å². The summed E-state index contributed by atoms with van der Waals surface area (Å²) in [6.45, 7) is 0. The molecule has 0 saturated heterocycles. The summed E-state index contributed by atoms with van der Waals surface area (Å²) in [6, 6.07) is 30.3. The van der Waals surface area contributed by atoms with Crippen LogP contribution in [0.2, 0.25) is 0 Å². The minimum atomic E-state index is -4.61. The lowest BCUT2D eigenvalue weighted by atomic mass is 9.78. The van der Waals surface area contributed by atoms with E-state index < -0.39 is 42.0 Å². The third kappa shape index (κ3) is 4.42. The molecule has 0 amide bonds. The Morgan fingerprint density at radius 1 is 0.690 bits per heavy atom. The first-order chi connectivity index (χ1) is 20.1. The van der Waals surface area contributed by atoms with E-state index >= 15 is 0 Å². The Morgan fingerprint density at radius 3 is 1.60 bits per heavy atom. The molecule has 10 heteroatoms. The molecule has 0 unspecified atom stereocenters. The lowest BCUT2D eigenvalue weighted by Gasteiger charge is -2.33. The Labute approximate surface area is 245 Å². The van der Waals surface area contributed by atoms with Crippen LogP contribution in [0, 0.1) is 11.3 Å². The zero-order valence-electron chi connectivity index (χ0n) is 22.8. The van der Waals surface area contributed by atoms with Gasteiger partial charge in [-0.2, -0.15) is 5.26 Å². The number of nitriles is 1. The van der Waals surface area contributed by atoms with Gasteiger partial charge in [-0.3, -0.25) is 0 Å². The molecule has 2 N–H and O–H groups in total. The van der Waals surface area contributed by atoms with Crippen molar-refractivity contribution in [2.45, 2.75) is 26.4 Å². The maximum atomic E-state index is 14.6. The topological polar surface area (TPSA) is 137 Å². The van der Waals surface area contributed by atoms with Crippen LogP contribution < -0.4 is 15.2 Å². The molecule has 214 valence electrons. The van der Waals surface area contributed by atoms with E-state index in [0.717, 1.165) is 0 Å². The standard InChI is InChI=1S/C32H28N2O6S2/c1-39-24-17-13-22(14-18-24)28-29(23-15-19-25(40-2)20-16-23)32(21-33,42(37,38)27-11-7-4-8-12-27)31(34)30(28)41(35,36)26-9-5-3-6-10-26/h3-20,28-29H,34H2,1-2H3/t28-,29-,32+/m0/s1. The van der Waals surface area contributed by atoms with Crippen LogP contribution in [0.25, 0.3) is 0 Å². The highest BCUT2D eigenvalue weighted by atomic mass is 32.2. The van der Waals surface area contributed by atoms with E-state index in [1.165, 1.54) is 50.6 Å². The van der Waals surface area contributed by atoms with Crippen LogP contribution in [0.1, 0.15) is 23.0 Å². The molecule has 1 aliphatic rings. The lowest BCUT2D eigenvalue weighted by molar-refractivity contribution is 0.414. The Balaban J connectivity index is 1.92. The number of nitrogens with zero attached hydrogens (tertiary/aromatic N) is 1. The maximum Gasteiger partial charge on any atom is 0.210 e. The van der Waals surface area contributed by atoms with Gasteiger partial charge in [-0.05, 0) is 59.7 Å². The quantitative estimate of drug-likeness (QED) is 0.300. The molecule has 0 aliphatic heterocycles. The Hall–Kier alpha value is -4.59. The van der Waals surface area contributed by atoms with Gasteiger partial charge in [-0.25, -0.2) is 16.8 Å². The van der Waals surface area contributed by atoms with Crippen LogP contribution in [0.4, 0.5) is 0 Å². The molecule has 4 aromatic carbocycles. The molecule has 8 nitrogen and oxygen atoms in total. The highest BCUT2D eigenvalue weighted by molar-refractivity contribution is 7.96. The average Bonchev–Trinajstić information content (AvgIpc) is 3.32. The summed E-state index contributed by atoms with van der Waals surface area (Å²) in [6.07, 6.45) is 0. The fraction of sp³-hybridized carbons (Fsp3) is 0.156. The molecule has 3 atom stereocenters. The van der Waals surface area contributed by atoms with Crippen molar-refractivity contribution in [3.8, 4) is 17.6 Å². The largest absolute Gasteiger partial charge is 0.497 e. The van der Waals surface area contributed by atoms with Crippen LogP contribution in [0.15, 0.2) is 130 Å². The summed E-state index contributed by atoms with van der Waals surface area (Å²) in [4.78, 5) is -0.554. The molecule has 0 spiro atoms. The van der Waals surface area contributed by atoms with Gasteiger partial charge in [0.25, 0.3) is 0 Å². The Kier molecular flexibility index (Phi) is 7.58. The number of hydrogen-bond acceptors (Lipinski definition) is 8. The number of hydrogen-bond donors (Lipinski definition) is 1. The SMILES string of the molecule is COc1ccc([C@@H]2C(S(=O)(=O)c3ccccc3)=C(N)[C@](C#N)(S(=O)(=O)c3ccccc3)[C@H]2c2ccc(OC)cc2)cc1. The van der Waals surface area contributed by atoms with Crippen LogP contribution in [0.5, 0.6) is 11.5 Å². The van der Waals surface area contributed by atoms with Crippen molar-refractivity contribution in [2.24, 2.45) is 5.73 Å². The van der Waals surface area contributed by atoms with Crippen LogP contribution in [0.3, 0.4) is 0 Å². The number of nitrogens with two attached hydrogens (primary N) is 1. The number of rotatable bonds is 8. The monoisotopic (exact) mass is 600 g/mol. The molecule has 0 bridgehead atoms. The number of allylic oxidation sites excluding steroid dienone is 1. The summed E-state index contributed by atoms with van der Waals surface area (Å²) < 4.78 is 66.2. The van der Waals surface area contributed by atoms with Crippen molar-refractivity contribution in [1.82, 2.24) is 0 Å². The first-order valence-corrected chi connectivity index (χ1v) is 15.9. The summed E-state index contributed by atoms with van der Waals surface area (Å²) in [5.41, 5.74) is 7.06. The van der Waals surface area contributed by atoms with Crippen molar-refractivity contribution in [2.75, 3.05) is 14.2 Å². The van der Waals surface area contributed by atoms with Gasteiger partial charge in [-0.15, -0.1) is 0 Å².